The summed E-state index contributed by atoms with van der Waals surface area (Å²) >= 11 is 0. The van der Waals surface area contributed by atoms with Crippen molar-refractivity contribution >= 4 is 17.5 Å². The second-order valence-corrected chi connectivity index (χ2v) is 8.66. The Labute approximate surface area is 212 Å². The zero-order valence-corrected chi connectivity index (χ0v) is 20.6. The van der Waals surface area contributed by atoms with E-state index in [4.69, 9.17) is 4.42 Å². The number of amides is 2. The summed E-state index contributed by atoms with van der Waals surface area (Å²) in [6, 6.07) is 23.6. The lowest BCUT2D eigenvalue weighted by Gasteiger charge is -2.32. The van der Waals surface area contributed by atoms with Crippen molar-refractivity contribution in [2.24, 2.45) is 0 Å². The van der Waals surface area contributed by atoms with E-state index in [-0.39, 0.29) is 17.7 Å². The minimum absolute atomic E-state index is 0.0164. The van der Waals surface area contributed by atoms with Gasteiger partial charge >= 0.3 is 0 Å². The van der Waals surface area contributed by atoms with Crippen LogP contribution in [0.15, 0.2) is 102 Å². The Morgan fingerprint density at radius 3 is 2.28 bits per heavy atom. The molecule has 0 aliphatic rings. The number of rotatable bonds is 10. The van der Waals surface area contributed by atoms with Crippen LogP contribution in [0, 0.1) is 0 Å². The lowest BCUT2D eigenvalue weighted by Crippen LogP contribution is -2.46. The maximum atomic E-state index is 13.8. The quantitative estimate of drug-likeness (QED) is 0.283. The number of anilines is 1. The Morgan fingerprint density at radius 2 is 1.67 bits per heavy atom. The van der Waals surface area contributed by atoms with Gasteiger partial charge in [0.05, 0.1) is 6.26 Å². The third-order valence-corrected chi connectivity index (χ3v) is 6.19. The molecule has 1 N–H and O–H groups in total. The molecular formula is C30H31N3O3. The van der Waals surface area contributed by atoms with E-state index >= 15 is 0 Å². The molecule has 0 saturated carbocycles. The molecule has 0 aliphatic heterocycles. The first-order chi connectivity index (χ1) is 17.6. The van der Waals surface area contributed by atoms with E-state index in [2.05, 4.69) is 17.2 Å². The third kappa shape index (κ3) is 5.71. The summed E-state index contributed by atoms with van der Waals surface area (Å²) in [6.07, 6.45) is 7.35. The molecule has 2 unspecified atom stereocenters. The number of hydrogen-bond acceptors (Lipinski definition) is 4. The van der Waals surface area contributed by atoms with Crippen LogP contribution in [0.3, 0.4) is 0 Å². The van der Waals surface area contributed by atoms with Crippen molar-refractivity contribution in [2.75, 3.05) is 4.90 Å². The van der Waals surface area contributed by atoms with Gasteiger partial charge in [-0.1, -0.05) is 68.8 Å². The summed E-state index contributed by atoms with van der Waals surface area (Å²) in [5.74, 6) is -0.500. The molecule has 2 aromatic heterocycles. The molecule has 2 amide bonds. The highest BCUT2D eigenvalue weighted by Gasteiger charge is 2.35. The van der Waals surface area contributed by atoms with Gasteiger partial charge < -0.3 is 9.73 Å². The standard InChI is InChI=1S/C30H31N3O3/c1-3-10-25(4-2)32-29(34)28(24-13-8-19-31-21-24)33(30(35)27-14-9-20-36-27)26-17-15-23(16-18-26)22-11-6-5-7-12-22/h5-9,11-21,25,28H,3-4,10H2,1-2H3,(H,32,34). The summed E-state index contributed by atoms with van der Waals surface area (Å²) in [6.45, 7) is 4.14. The molecule has 4 rings (SSSR count). The maximum Gasteiger partial charge on any atom is 0.294 e. The van der Waals surface area contributed by atoms with Gasteiger partial charge in [-0.05, 0) is 54.3 Å². The van der Waals surface area contributed by atoms with Crippen molar-refractivity contribution in [3.8, 4) is 11.1 Å². The fraction of sp³-hybridized carbons (Fsp3) is 0.233. The van der Waals surface area contributed by atoms with Gasteiger partial charge in [-0.3, -0.25) is 19.5 Å². The highest BCUT2D eigenvalue weighted by molar-refractivity contribution is 6.08. The predicted molar refractivity (Wildman–Crippen MR) is 142 cm³/mol. The van der Waals surface area contributed by atoms with E-state index in [0.717, 1.165) is 30.4 Å². The van der Waals surface area contributed by atoms with Crippen LogP contribution >= 0.6 is 0 Å². The molecule has 6 nitrogen and oxygen atoms in total. The Balaban J connectivity index is 1.78. The Bertz CT molecular complexity index is 1240. The summed E-state index contributed by atoms with van der Waals surface area (Å²) in [4.78, 5) is 33.3. The van der Waals surface area contributed by atoms with E-state index in [1.807, 2.05) is 67.6 Å². The Hall–Kier alpha value is -4.19. The molecular weight excluding hydrogens is 450 g/mol. The molecule has 0 saturated heterocycles. The smallest absolute Gasteiger partial charge is 0.294 e. The van der Waals surface area contributed by atoms with E-state index in [0.29, 0.717) is 11.3 Å². The van der Waals surface area contributed by atoms with Gasteiger partial charge in [-0.2, -0.15) is 0 Å². The second kappa shape index (κ2) is 12.0. The van der Waals surface area contributed by atoms with Crippen LogP contribution in [0.4, 0.5) is 5.69 Å². The molecule has 0 fully saturated rings. The molecule has 0 bridgehead atoms. The van der Waals surface area contributed by atoms with Crippen LogP contribution in [0.5, 0.6) is 0 Å². The van der Waals surface area contributed by atoms with Crippen molar-refractivity contribution < 1.29 is 14.0 Å². The van der Waals surface area contributed by atoms with Crippen molar-refractivity contribution in [2.45, 2.75) is 45.2 Å². The minimum atomic E-state index is -0.926. The second-order valence-electron chi connectivity index (χ2n) is 8.66. The Kier molecular flexibility index (Phi) is 8.29. The molecule has 184 valence electrons. The van der Waals surface area contributed by atoms with Gasteiger partial charge in [0.2, 0.25) is 5.91 Å². The van der Waals surface area contributed by atoms with E-state index in [1.54, 1.807) is 30.6 Å². The summed E-state index contributed by atoms with van der Waals surface area (Å²) < 4.78 is 5.46. The zero-order chi connectivity index (χ0) is 25.3. The van der Waals surface area contributed by atoms with E-state index < -0.39 is 11.9 Å². The molecule has 36 heavy (non-hydrogen) atoms. The molecule has 2 aromatic carbocycles. The number of furan rings is 1. The van der Waals surface area contributed by atoms with Crippen LogP contribution in [-0.2, 0) is 4.79 Å². The normalized spacial score (nSPS) is 12.5. The number of hydrogen-bond donors (Lipinski definition) is 1. The van der Waals surface area contributed by atoms with Crippen LogP contribution < -0.4 is 10.2 Å². The monoisotopic (exact) mass is 481 g/mol. The number of pyridine rings is 1. The topological polar surface area (TPSA) is 75.4 Å². The van der Waals surface area contributed by atoms with Crippen LogP contribution in [-0.4, -0.2) is 22.8 Å². The summed E-state index contributed by atoms with van der Waals surface area (Å²) in [5.41, 5.74) is 3.29. The van der Waals surface area contributed by atoms with Gasteiger partial charge in [0.15, 0.2) is 5.76 Å². The molecule has 2 heterocycles. The molecule has 4 aromatic rings. The highest BCUT2D eigenvalue weighted by atomic mass is 16.3. The number of carbonyl (C=O) groups excluding carboxylic acids is 2. The number of benzene rings is 2. The highest BCUT2D eigenvalue weighted by Crippen LogP contribution is 2.32. The summed E-state index contributed by atoms with van der Waals surface area (Å²) in [5, 5.41) is 3.16. The van der Waals surface area contributed by atoms with Crippen LogP contribution in [0.1, 0.15) is 55.3 Å². The fourth-order valence-corrected chi connectivity index (χ4v) is 4.31. The zero-order valence-electron chi connectivity index (χ0n) is 20.6. The van der Waals surface area contributed by atoms with Gasteiger partial charge in [0.25, 0.3) is 5.91 Å². The number of carbonyl (C=O) groups is 2. The molecule has 2 atom stereocenters. The van der Waals surface area contributed by atoms with Crippen molar-refractivity contribution in [3.63, 3.8) is 0 Å². The third-order valence-electron chi connectivity index (χ3n) is 6.19. The van der Waals surface area contributed by atoms with Gasteiger partial charge in [0.1, 0.15) is 6.04 Å². The summed E-state index contributed by atoms with van der Waals surface area (Å²) in [7, 11) is 0. The van der Waals surface area contributed by atoms with Gasteiger partial charge in [0, 0.05) is 29.7 Å². The average molecular weight is 482 g/mol. The first kappa shape index (κ1) is 24.9. The minimum Gasteiger partial charge on any atom is -0.459 e. The average Bonchev–Trinajstić information content (AvgIpc) is 3.47. The molecule has 0 radical (unpaired) electrons. The van der Waals surface area contributed by atoms with Crippen molar-refractivity contribution in [3.05, 3.63) is 109 Å². The lowest BCUT2D eigenvalue weighted by molar-refractivity contribution is -0.123. The predicted octanol–water partition coefficient (Wildman–Crippen LogP) is 6.42. The first-order valence-corrected chi connectivity index (χ1v) is 12.3. The maximum absolute atomic E-state index is 13.8. The molecule has 0 spiro atoms. The number of aromatic nitrogens is 1. The van der Waals surface area contributed by atoms with Crippen LogP contribution in [0.2, 0.25) is 0 Å². The van der Waals surface area contributed by atoms with E-state index in [9.17, 15) is 9.59 Å². The Morgan fingerprint density at radius 1 is 0.917 bits per heavy atom. The number of nitrogens with zero attached hydrogens (tertiary/aromatic N) is 2. The van der Waals surface area contributed by atoms with Gasteiger partial charge in [-0.15, -0.1) is 0 Å². The lowest BCUT2D eigenvalue weighted by atomic mass is 10.0. The van der Waals surface area contributed by atoms with Crippen LogP contribution in [0.25, 0.3) is 11.1 Å². The first-order valence-electron chi connectivity index (χ1n) is 12.3. The van der Waals surface area contributed by atoms with E-state index in [1.165, 1.54) is 11.2 Å². The van der Waals surface area contributed by atoms with Crippen molar-refractivity contribution in [1.82, 2.24) is 10.3 Å². The number of nitrogens with one attached hydrogen (secondary N) is 1. The SMILES string of the molecule is CCCC(CC)NC(=O)C(c1cccnc1)N(C(=O)c1ccco1)c1ccc(-c2ccccc2)cc1. The largest absolute Gasteiger partial charge is 0.459 e. The fourth-order valence-electron chi connectivity index (χ4n) is 4.31. The molecule has 6 heteroatoms. The molecule has 0 aliphatic carbocycles. The van der Waals surface area contributed by atoms with Crippen molar-refractivity contribution in [1.29, 1.82) is 0 Å². The van der Waals surface area contributed by atoms with Gasteiger partial charge in [-0.25, -0.2) is 0 Å².